The average Bonchev–Trinajstić information content (AvgIpc) is 2.90. The molecule has 3 N–H and O–H groups in total. The van der Waals surface area contributed by atoms with E-state index in [9.17, 15) is 0 Å². The third-order valence-electron chi connectivity index (χ3n) is 3.26. The van der Waals surface area contributed by atoms with E-state index in [4.69, 9.17) is 27.3 Å². The summed E-state index contributed by atoms with van der Waals surface area (Å²) < 4.78 is 5.61. The van der Waals surface area contributed by atoms with E-state index in [-0.39, 0.29) is 11.9 Å². The van der Waals surface area contributed by atoms with Gasteiger partial charge in [-0.1, -0.05) is 16.8 Å². The third-order valence-corrected chi connectivity index (χ3v) is 3.57. The summed E-state index contributed by atoms with van der Waals surface area (Å²) in [5, 5.41) is 12.2. The van der Waals surface area contributed by atoms with E-state index in [1.165, 1.54) is 0 Å². The lowest BCUT2D eigenvalue weighted by Crippen LogP contribution is -2.28. The van der Waals surface area contributed by atoms with Gasteiger partial charge in [-0.05, 0) is 31.0 Å². The normalized spacial score (nSPS) is 19.7. The largest absolute Gasteiger partial charge is 0.409 e. The molecular weight excluding hydrogens is 266 g/mol. The summed E-state index contributed by atoms with van der Waals surface area (Å²) in [5.74, 6) is 0.0511. The quantitative estimate of drug-likeness (QED) is 0.384. The van der Waals surface area contributed by atoms with E-state index in [0.717, 1.165) is 31.7 Å². The van der Waals surface area contributed by atoms with Gasteiger partial charge in [0.25, 0.3) is 0 Å². The van der Waals surface area contributed by atoms with Gasteiger partial charge in [0.15, 0.2) is 5.84 Å². The topological polar surface area (TPSA) is 71.1 Å². The van der Waals surface area contributed by atoms with Crippen LogP contribution in [0.5, 0.6) is 0 Å². The Labute approximate surface area is 117 Å². The van der Waals surface area contributed by atoms with Gasteiger partial charge < -0.3 is 20.6 Å². The Kier molecular flexibility index (Phi) is 4.50. The molecule has 1 saturated heterocycles. The minimum absolute atomic E-state index is 0.0511. The average molecular weight is 284 g/mol. The van der Waals surface area contributed by atoms with Crippen molar-refractivity contribution in [1.29, 1.82) is 0 Å². The highest BCUT2D eigenvalue weighted by molar-refractivity contribution is 6.33. The highest BCUT2D eigenvalue weighted by atomic mass is 35.5. The number of anilines is 1. The number of ether oxygens (including phenoxy) is 1. The molecule has 0 aromatic heterocycles. The molecule has 0 bridgehead atoms. The Bertz CT molecular complexity index is 473. The summed E-state index contributed by atoms with van der Waals surface area (Å²) in [4.78, 5) is 2.06. The standard InChI is InChI=1S/C13H18ClN3O2/c1-17(8-10-3-2-6-19-10)12-5-4-9(7-11(12)14)13(15)16-18/h4-5,7,10,18H,2-3,6,8H2,1H3,(H2,15,16). The van der Waals surface area contributed by atoms with Crippen LogP contribution in [0.25, 0.3) is 0 Å². The van der Waals surface area contributed by atoms with E-state index in [2.05, 4.69) is 10.1 Å². The Morgan fingerprint density at radius 3 is 3.00 bits per heavy atom. The van der Waals surface area contributed by atoms with Crippen molar-refractivity contribution in [2.45, 2.75) is 18.9 Å². The lowest BCUT2D eigenvalue weighted by Gasteiger charge is -2.24. The molecule has 19 heavy (non-hydrogen) atoms. The van der Waals surface area contributed by atoms with Gasteiger partial charge in [0.2, 0.25) is 0 Å². The maximum Gasteiger partial charge on any atom is 0.170 e. The fourth-order valence-electron chi connectivity index (χ4n) is 2.23. The lowest BCUT2D eigenvalue weighted by molar-refractivity contribution is 0.116. The van der Waals surface area contributed by atoms with Gasteiger partial charge in [0.1, 0.15) is 0 Å². The zero-order chi connectivity index (χ0) is 13.8. The molecule has 1 atom stereocenters. The van der Waals surface area contributed by atoms with Crippen LogP contribution in [0.2, 0.25) is 5.02 Å². The molecule has 1 aliphatic heterocycles. The fourth-order valence-corrected chi connectivity index (χ4v) is 2.55. The van der Waals surface area contributed by atoms with E-state index < -0.39 is 0 Å². The molecule has 1 aromatic rings. The van der Waals surface area contributed by atoms with E-state index in [1.807, 2.05) is 13.1 Å². The molecular formula is C13H18ClN3O2. The number of hydrogen-bond acceptors (Lipinski definition) is 4. The molecule has 1 aromatic carbocycles. The zero-order valence-electron chi connectivity index (χ0n) is 10.8. The summed E-state index contributed by atoms with van der Waals surface area (Å²) >= 11 is 6.24. The number of halogens is 1. The van der Waals surface area contributed by atoms with Crippen molar-refractivity contribution in [3.05, 3.63) is 28.8 Å². The molecule has 1 heterocycles. The molecule has 0 amide bonds. The summed E-state index contributed by atoms with van der Waals surface area (Å²) in [6, 6.07) is 5.34. The third kappa shape index (κ3) is 3.30. The van der Waals surface area contributed by atoms with Gasteiger partial charge in [0.05, 0.1) is 16.8 Å². The van der Waals surface area contributed by atoms with E-state index in [1.54, 1.807) is 12.1 Å². The first-order chi connectivity index (χ1) is 9.11. The second-order valence-corrected chi connectivity index (χ2v) is 5.07. The van der Waals surface area contributed by atoms with Crippen molar-refractivity contribution in [2.75, 3.05) is 25.1 Å². The monoisotopic (exact) mass is 283 g/mol. The van der Waals surface area contributed by atoms with Gasteiger partial charge in [0, 0.05) is 25.8 Å². The molecule has 0 aliphatic carbocycles. The fraction of sp³-hybridized carbons (Fsp3) is 0.462. The second kappa shape index (κ2) is 6.12. The minimum Gasteiger partial charge on any atom is -0.409 e. The van der Waals surface area contributed by atoms with Gasteiger partial charge in [-0.15, -0.1) is 0 Å². The Balaban J connectivity index is 2.11. The Morgan fingerprint density at radius 1 is 1.63 bits per heavy atom. The molecule has 104 valence electrons. The predicted octanol–water partition coefficient (Wildman–Crippen LogP) is 2.05. The van der Waals surface area contributed by atoms with Gasteiger partial charge in [-0.25, -0.2) is 0 Å². The molecule has 1 unspecified atom stereocenters. The SMILES string of the molecule is CN(CC1CCCO1)c1ccc(C(N)=NO)cc1Cl. The minimum atomic E-state index is 0.0511. The molecule has 5 nitrogen and oxygen atoms in total. The molecule has 0 radical (unpaired) electrons. The van der Waals surface area contributed by atoms with Crippen LogP contribution in [0.15, 0.2) is 23.4 Å². The Morgan fingerprint density at radius 2 is 2.42 bits per heavy atom. The van der Waals surface area contributed by atoms with Crippen molar-refractivity contribution in [2.24, 2.45) is 10.9 Å². The van der Waals surface area contributed by atoms with Crippen molar-refractivity contribution in [3.63, 3.8) is 0 Å². The van der Waals surface area contributed by atoms with Crippen LogP contribution in [0.4, 0.5) is 5.69 Å². The summed E-state index contributed by atoms with van der Waals surface area (Å²) in [6.45, 7) is 1.65. The number of nitrogens with zero attached hydrogens (tertiary/aromatic N) is 2. The van der Waals surface area contributed by atoms with Gasteiger partial charge in [-0.2, -0.15) is 0 Å². The number of likely N-dealkylation sites (N-methyl/N-ethyl adjacent to an activating group) is 1. The number of benzene rings is 1. The van der Waals surface area contributed by atoms with Gasteiger partial charge >= 0.3 is 0 Å². The number of amidine groups is 1. The molecule has 0 spiro atoms. The van der Waals surface area contributed by atoms with Crippen molar-refractivity contribution >= 4 is 23.1 Å². The molecule has 6 heteroatoms. The van der Waals surface area contributed by atoms with Crippen LogP contribution in [0, 0.1) is 0 Å². The summed E-state index contributed by atoms with van der Waals surface area (Å²) in [6.07, 6.45) is 2.48. The highest BCUT2D eigenvalue weighted by Crippen LogP contribution is 2.27. The smallest absolute Gasteiger partial charge is 0.170 e. The van der Waals surface area contributed by atoms with E-state index in [0.29, 0.717) is 10.6 Å². The van der Waals surface area contributed by atoms with Crippen LogP contribution in [0.1, 0.15) is 18.4 Å². The molecule has 0 saturated carbocycles. The first-order valence-corrected chi connectivity index (χ1v) is 6.60. The maximum absolute atomic E-state index is 8.64. The highest BCUT2D eigenvalue weighted by Gasteiger charge is 2.18. The zero-order valence-corrected chi connectivity index (χ0v) is 11.6. The van der Waals surface area contributed by atoms with Crippen LogP contribution in [-0.4, -0.2) is 37.3 Å². The van der Waals surface area contributed by atoms with Crippen LogP contribution >= 0.6 is 11.6 Å². The maximum atomic E-state index is 8.64. The number of hydrogen-bond donors (Lipinski definition) is 2. The molecule has 2 rings (SSSR count). The first-order valence-electron chi connectivity index (χ1n) is 6.22. The number of oxime groups is 1. The van der Waals surface area contributed by atoms with Gasteiger partial charge in [-0.3, -0.25) is 0 Å². The van der Waals surface area contributed by atoms with Crippen LogP contribution < -0.4 is 10.6 Å². The number of nitrogens with two attached hydrogens (primary N) is 1. The van der Waals surface area contributed by atoms with Crippen LogP contribution in [0.3, 0.4) is 0 Å². The summed E-state index contributed by atoms with van der Waals surface area (Å²) in [7, 11) is 1.98. The Hall–Kier alpha value is -1.46. The summed E-state index contributed by atoms with van der Waals surface area (Å²) in [5.41, 5.74) is 7.04. The van der Waals surface area contributed by atoms with Crippen molar-refractivity contribution in [3.8, 4) is 0 Å². The van der Waals surface area contributed by atoms with E-state index >= 15 is 0 Å². The molecule has 1 fully saturated rings. The predicted molar refractivity (Wildman–Crippen MR) is 76.2 cm³/mol. The van der Waals surface area contributed by atoms with Crippen LogP contribution in [-0.2, 0) is 4.74 Å². The van der Waals surface area contributed by atoms with Crippen molar-refractivity contribution < 1.29 is 9.94 Å². The number of rotatable bonds is 4. The van der Waals surface area contributed by atoms with Crippen molar-refractivity contribution in [1.82, 2.24) is 0 Å². The lowest BCUT2D eigenvalue weighted by atomic mass is 10.1. The second-order valence-electron chi connectivity index (χ2n) is 4.67. The molecule has 1 aliphatic rings. The first kappa shape index (κ1) is 14.0.